The van der Waals surface area contributed by atoms with Crippen molar-refractivity contribution in [2.24, 2.45) is 5.92 Å². The van der Waals surface area contributed by atoms with Gasteiger partial charge in [0, 0.05) is 19.2 Å². The first kappa shape index (κ1) is 17.4. The Balaban J connectivity index is 1.62. The van der Waals surface area contributed by atoms with E-state index in [1.807, 2.05) is 24.8 Å². The topological polar surface area (TPSA) is 55.2 Å². The average molecular weight is 339 g/mol. The first-order chi connectivity index (χ1) is 12.0. The van der Waals surface area contributed by atoms with Gasteiger partial charge < -0.3 is 4.90 Å². The van der Waals surface area contributed by atoms with Crippen molar-refractivity contribution in [3.05, 3.63) is 64.1 Å². The van der Waals surface area contributed by atoms with Crippen molar-refractivity contribution < 1.29 is 4.79 Å². The summed E-state index contributed by atoms with van der Waals surface area (Å²) in [7, 11) is 0. The van der Waals surface area contributed by atoms with Gasteiger partial charge in [-0.3, -0.25) is 9.59 Å². The molecule has 0 N–H and O–H groups in total. The van der Waals surface area contributed by atoms with Crippen LogP contribution in [0, 0.1) is 5.92 Å². The Morgan fingerprint density at radius 1 is 1.12 bits per heavy atom. The molecule has 0 spiro atoms. The highest BCUT2D eigenvalue weighted by Crippen LogP contribution is 2.22. The molecule has 0 radical (unpaired) electrons. The number of hydrogen-bond acceptors (Lipinski definition) is 3. The fourth-order valence-corrected chi connectivity index (χ4v) is 3.36. The lowest BCUT2D eigenvalue weighted by Gasteiger charge is -2.32. The molecule has 2 heterocycles. The fourth-order valence-electron chi connectivity index (χ4n) is 3.36. The summed E-state index contributed by atoms with van der Waals surface area (Å²) in [6, 6.07) is 13.4. The number of aromatic nitrogens is 2. The van der Waals surface area contributed by atoms with Gasteiger partial charge in [-0.05, 0) is 50.7 Å². The summed E-state index contributed by atoms with van der Waals surface area (Å²) in [4.78, 5) is 26.4. The third kappa shape index (κ3) is 4.16. The number of hydrogen-bond donors (Lipinski definition) is 0. The minimum atomic E-state index is -0.173. The van der Waals surface area contributed by atoms with Crippen LogP contribution < -0.4 is 5.56 Å². The lowest BCUT2D eigenvalue weighted by atomic mass is 9.90. The number of nitrogens with zero attached hydrogens (tertiary/aromatic N) is 3. The molecule has 132 valence electrons. The van der Waals surface area contributed by atoms with Crippen LogP contribution in [-0.4, -0.2) is 33.7 Å². The summed E-state index contributed by atoms with van der Waals surface area (Å²) in [6.45, 7) is 5.27. The van der Waals surface area contributed by atoms with Gasteiger partial charge in [-0.15, -0.1) is 0 Å². The van der Waals surface area contributed by atoms with Crippen LogP contribution in [0.25, 0.3) is 0 Å². The maximum Gasteiger partial charge on any atom is 0.274 e. The van der Waals surface area contributed by atoms with E-state index < -0.39 is 0 Å². The standard InChI is InChI=1S/C20H25N3O2/c1-15(2)23-19(24)9-8-18(21-23)20(25)22-12-10-17(11-13-22)14-16-6-4-3-5-7-16/h3-9,15,17H,10-14H2,1-2H3. The molecule has 5 nitrogen and oxygen atoms in total. The smallest absolute Gasteiger partial charge is 0.274 e. The molecular formula is C20H25N3O2. The molecule has 0 aliphatic carbocycles. The van der Waals surface area contributed by atoms with Crippen molar-refractivity contribution in [2.75, 3.05) is 13.1 Å². The number of piperidine rings is 1. The molecule has 2 aromatic rings. The van der Waals surface area contributed by atoms with Gasteiger partial charge in [0.25, 0.3) is 11.5 Å². The predicted molar refractivity (Wildman–Crippen MR) is 97.7 cm³/mol. The van der Waals surface area contributed by atoms with E-state index in [0.717, 1.165) is 32.4 Å². The van der Waals surface area contributed by atoms with E-state index in [0.29, 0.717) is 11.6 Å². The van der Waals surface area contributed by atoms with Crippen molar-refractivity contribution in [2.45, 2.75) is 39.2 Å². The van der Waals surface area contributed by atoms with Gasteiger partial charge in [0.15, 0.2) is 0 Å². The van der Waals surface area contributed by atoms with Crippen LogP contribution in [0.1, 0.15) is 48.8 Å². The Bertz CT molecular complexity index is 775. The first-order valence-electron chi connectivity index (χ1n) is 8.97. The Morgan fingerprint density at radius 2 is 1.80 bits per heavy atom. The number of carbonyl (C=O) groups excluding carboxylic acids is 1. The Morgan fingerprint density at radius 3 is 2.44 bits per heavy atom. The second kappa shape index (κ2) is 7.64. The third-order valence-corrected chi connectivity index (χ3v) is 4.80. The van der Waals surface area contributed by atoms with Gasteiger partial charge in [0.05, 0.1) is 6.04 Å². The van der Waals surface area contributed by atoms with E-state index in [1.54, 1.807) is 6.07 Å². The predicted octanol–water partition coefficient (Wildman–Crippen LogP) is 2.92. The summed E-state index contributed by atoms with van der Waals surface area (Å²) in [5.74, 6) is 0.539. The molecule has 1 aromatic carbocycles. The van der Waals surface area contributed by atoms with E-state index in [9.17, 15) is 9.59 Å². The average Bonchev–Trinajstić information content (AvgIpc) is 2.63. The molecule has 0 atom stereocenters. The zero-order valence-electron chi connectivity index (χ0n) is 14.9. The second-order valence-electron chi connectivity index (χ2n) is 7.02. The highest BCUT2D eigenvalue weighted by Gasteiger charge is 2.25. The molecular weight excluding hydrogens is 314 g/mol. The van der Waals surface area contributed by atoms with Crippen LogP contribution >= 0.6 is 0 Å². The molecule has 1 aliphatic rings. The van der Waals surface area contributed by atoms with Crippen LogP contribution in [0.15, 0.2) is 47.3 Å². The van der Waals surface area contributed by atoms with Crippen LogP contribution in [0.3, 0.4) is 0 Å². The van der Waals surface area contributed by atoms with E-state index in [-0.39, 0.29) is 17.5 Å². The van der Waals surface area contributed by atoms with Gasteiger partial charge in [-0.25, -0.2) is 4.68 Å². The van der Waals surface area contributed by atoms with Crippen molar-refractivity contribution >= 4 is 5.91 Å². The summed E-state index contributed by atoms with van der Waals surface area (Å²) >= 11 is 0. The Kier molecular flexibility index (Phi) is 5.31. The molecule has 1 saturated heterocycles. The highest BCUT2D eigenvalue weighted by atomic mass is 16.2. The van der Waals surface area contributed by atoms with Crippen molar-refractivity contribution in [3.63, 3.8) is 0 Å². The molecule has 1 aromatic heterocycles. The van der Waals surface area contributed by atoms with Crippen LogP contribution in [-0.2, 0) is 6.42 Å². The molecule has 25 heavy (non-hydrogen) atoms. The van der Waals surface area contributed by atoms with Crippen LogP contribution in [0.2, 0.25) is 0 Å². The largest absolute Gasteiger partial charge is 0.337 e. The molecule has 0 unspecified atom stereocenters. The quantitative estimate of drug-likeness (QED) is 0.860. The molecule has 0 bridgehead atoms. The van der Waals surface area contributed by atoms with E-state index in [2.05, 4.69) is 29.4 Å². The molecule has 1 fully saturated rings. The Labute approximate surface area is 148 Å². The van der Waals surface area contributed by atoms with Crippen LogP contribution in [0.5, 0.6) is 0 Å². The highest BCUT2D eigenvalue weighted by molar-refractivity contribution is 5.92. The zero-order valence-corrected chi connectivity index (χ0v) is 14.9. The second-order valence-corrected chi connectivity index (χ2v) is 7.02. The van der Waals surface area contributed by atoms with E-state index >= 15 is 0 Å². The zero-order chi connectivity index (χ0) is 17.8. The Hall–Kier alpha value is -2.43. The van der Waals surface area contributed by atoms with Crippen LogP contribution in [0.4, 0.5) is 0 Å². The van der Waals surface area contributed by atoms with Gasteiger partial charge >= 0.3 is 0 Å². The number of carbonyl (C=O) groups is 1. The summed E-state index contributed by atoms with van der Waals surface area (Å²) in [5, 5.41) is 4.25. The lowest BCUT2D eigenvalue weighted by molar-refractivity contribution is 0.0681. The van der Waals surface area contributed by atoms with E-state index in [4.69, 9.17) is 0 Å². The number of likely N-dealkylation sites (tertiary alicyclic amines) is 1. The van der Waals surface area contributed by atoms with Crippen molar-refractivity contribution in [1.29, 1.82) is 0 Å². The third-order valence-electron chi connectivity index (χ3n) is 4.80. The van der Waals surface area contributed by atoms with Gasteiger partial charge in [-0.2, -0.15) is 5.10 Å². The fraction of sp³-hybridized carbons (Fsp3) is 0.450. The number of benzene rings is 1. The van der Waals surface area contributed by atoms with E-state index in [1.165, 1.54) is 16.3 Å². The van der Waals surface area contributed by atoms with Gasteiger partial charge in [-0.1, -0.05) is 30.3 Å². The molecule has 0 saturated carbocycles. The first-order valence-corrected chi connectivity index (χ1v) is 8.97. The SMILES string of the molecule is CC(C)n1nc(C(=O)N2CCC(Cc3ccccc3)CC2)ccc1=O. The molecule has 1 aliphatic heterocycles. The van der Waals surface area contributed by atoms with Crippen molar-refractivity contribution in [1.82, 2.24) is 14.7 Å². The maximum absolute atomic E-state index is 12.7. The minimum Gasteiger partial charge on any atom is -0.337 e. The molecule has 1 amide bonds. The molecule has 3 rings (SSSR count). The van der Waals surface area contributed by atoms with Gasteiger partial charge in [0.2, 0.25) is 0 Å². The summed E-state index contributed by atoms with van der Waals surface area (Å²) in [5.41, 5.74) is 1.54. The minimum absolute atomic E-state index is 0.0585. The van der Waals surface area contributed by atoms with Gasteiger partial charge in [0.1, 0.15) is 5.69 Å². The van der Waals surface area contributed by atoms with Crippen molar-refractivity contribution in [3.8, 4) is 0 Å². The lowest BCUT2D eigenvalue weighted by Crippen LogP contribution is -2.40. The molecule has 5 heteroatoms. The maximum atomic E-state index is 12.7. The normalized spacial score (nSPS) is 15.6. The monoisotopic (exact) mass is 339 g/mol. The number of amides is 1. The number of rotatable bonds is 4. The summed E-state index contributed by atoms with van der Waals surface area (Å²) < 4.78 is 1.37. The summed E-state index contributed by atoms with van der Waals surface area (Å²) in [6.07, 6.45) is 3.08.